The number of fused-ring (bicyclic) bond motifs is 1. The summed E-state index contributed by atoms with van der Waals surface area (Å²) in [6, 6.07) is 7.54. The first-order valence-corrected chi connectivity index (χ1v) is 5.75. The van der Waals surface area contributed by atoms with Gasteiger partial charge in [-0.25, -0.2) is 5.14 Å². The molecule has 0 aliphatic rings. The van der Waals surface area contributed by atoms with E-state index in [-0.39, 0.29) is 6.61 Å². The van der Waals surface area contributed by atoms with Crippen LogP contribution in [0.25, 0.3) is 10.9 Å². The molecule has 0 atom stereocenters. The van der Waals surface area contributed by atoms with Crippen LogP contribution in [0.15, 0.2) is 30.5 Å². The Kier molecular flexibility index (Phi) is 2.47. The van der Waals surface area contributed by atoms with Crippen molar-refractivity contribution in [3.8, 4) is 0 Å². The maximum atomic E-state index is 10.6. The highest BCUT2D eigenvalue weighted by Gasteiger charge is 2.07. The zero-order valence-electron chi connectivity index (χ0n) is 7.80. The van der Waals surface area contributed by atoms with Gasteiger partial charge >= 0.3 is 10.3 Å². The number of nitrogens with one attached hydrogen (secondary N) is 1. The molecule has 0 saturated heterocycles. The molecule has 0 bridgehead atoms. The predicted octanol–water partition coefficient (Wildman–Crippen LogP) is 0.888. The van der Waals surface area contributed by atoms with Crippen molar-refractivity contribution in [2.24, 2.45) is 5.14 Å². The Morgan fingerprint density at radius 2 is 2.07 bits per heavy atom. The van der Waals surface area contributed by atoms with Crippen molar-refractivity contribution in [1.82, 2.24) is 4.98 Å². The summed E-state index contributed by atoms with van der Waals surface area (Å²) in [5, 5.41) is 5.67. The summed E-state index contributed by atoms with van der Waals surface area (Å²) in [6.07, 6.45) is 1.70. The van der Waals surface area contributed by atoms with Gasteiger partial charge in [0.1, 0.15) is 0 Å². The number of aromatic amines is 1. The standard InChI is InChI=1S/C9H10N2O3S/c10-15(12,13)14-6-7-5-11-9-4-2-1-3-8(7)9/h1-5,11H,6H2,(H2,10,12,13). The van der Waals surface area contributed by atoms with Gasteiger partial charge in [0.15, 0.2) is 0 Å². The fourth-order valence-corrected chi connectivity index (χ4v) is 1.69. The number of hydrogen-bond acceptors (Lipinski definition) is 3. The van der Waals surface area contributed by atoms with Gasteiger partial charge in [0.05, 0.1) is 6.61 Å². The molecule has 80 valence electrons. The summed E-state index contributed by atoms with van der Waals surface area (Å²) < 4.78 is 25.7. The lowest BCUT2D eigenvalue weighted by atomic mass is 10.2. The highest BCUT2D eigenvalue weighted by Crippen LogP contribution is 2.18. The minimum absolute atomic E-state index is 0.0527. The van der Waals surface area contributed by atoms with Crippen molar-refractivity contribution in [3.63, 3.8) is 0 Å². The van der Waals surface area contributed by atoms with E-state index in [0.717, 1.165) is 16.5 Å². The zero-order chi connectivity index (χ0) is 10.9. The molecular formula is C9H10N2O3S. The third-order valence-corrected chi connectivity index (χ3v) is 2.50. The molecule has 0 aliphatic carbocycles. The number of rotatable bonds is 3. The van der Waals surface area contributed by atoms with Gasteiger partial charge in [-0.05, 0) is 6.07 Å². The van der Waals surface area contributed by atoms with Gasteiger partial charge in [0.25, 0.3) is 0 Å². The van der Waals surface area contributed by atoms with E-state index >= 15 is 0 Å². The molecule has 0 amide bonds. The van der Waals surface area contributed by atoms with E-state index in [0.29, 0.717) is 0 Å². The molecule has 5 nitrogen and oxygen atoms in total. The number of aromatic nitrogens is 1. The van der Waals surface area contributed by atoms with E-state index in [1.165, 1.54) is 0 Å². The van der Waals surface area contributed by atoms with Crippen molar-refractivity contribution >= 4 is 21.2 Å². The molecule has 1 aromatic carbocycles. The van der Waals surface area contributed by atoms with Gasteiger partial charge in [-0.15, -0.1) is 0 Å². The van der Waals surface area contributed by atoms with Crippen LogP contribution in [0.4, 0.5) is 0 Å². The van der Waals surface area contributed by atoms with Crippen LogP contribution in [0.3, 0.4) is 0 Å². The maximum Gasteiger partial charge on any atom is 0.333 e. The van der Waals surface area contributed by atoms with E-state index in [2.05, 4.69) is 9.17 Å². The fourth-order valence-electron chi connectivity index (χ4n) is 1.40. The molecule has 2 rings (SSSR count). The largest absolute Gasteiger partial charge is 0.361 e. The second kappa shape index (κ2) is 3.65. The number of hydrogen-bond donors (Lipinski definition) is 2. The summed E-state index contributed by atoms with van der Waals surface area (Å²) in [7, 11) is -3.88. The quantitative estimate of drug-likeness (QED) is 0.814. The average molecular weight is 226 g/mol. The lowest BCUT2D eigenvalue weighted by molar-refractivity contribution is 0.310. The molecule has 1 aromatic heterocycles. The third kappa shape index (κ3) is 2.35. The van der Waals surface area contributed by atoms with Gasteiger partial charge < -0.3 is 4.98 Å². The number of para-hydroxylation sites is 1. The molecular weight excluding hydrogens is 216 g/mol. The molecule has 0 aliphatic heterocycles. The Labute approximate surface area is 87.1 Å². The molecule has 0 spiro atoms. The number of nitrogens with two attached hydrogens (primary N) is 1. The first-order valence-electron chi connectivity index (χ1n) is 4.28. The maximum absolute atomic E-state index is 10.6. The second-order valence-electron chi connectivity index (χ2n) is 3.11. The van der Waals surface area contributed by atoms with E-state index in [4.69, 9.17) is 5.14 Å². The van der Waals surface area contributed by atoms with Crippen molar-refractivity contribution in [2.75, 3.05) is 0 Å². The molecule has 0 saturated carbocycles. The summed E-state index contributed by atoms with van der Waals surface area (Å²) in [5.41, 5.74) is 1.70. The van der Waals surface area contributed by atoms with Gasteiger partial charge in [0.2, 0.25) is 0 Å². The SMILES string of the molecule is NS(=O)(=O)OCc1c[nH]c2ccccc12. The van der Waals surface area contributed by atoms with E-state index in [1.54, 1.807) is 6.20 Å². The molecule has 6 heteroatoms. The van der Waals surface area contributed by atoms with Gasteiger partial charge in [-0.2, -0.15) is 8.42 Å². The predicted molar refractivity (Wildman–Crippen MR) is 56.2 cm³/mol. The monoisotopic (exact) mass is 226 g/mol. The van der Waals surface area contributed by atoms with E-state index < -0.39 is 10.3 Å². The summed E-state index contributed by atoms with van der Waals surface area (Å²) in [4.78, 5) is 3.01. The van der Waals surface area contributed by atoms with Gasteiger partial charge in [0, 0.05) is 22.7 Å². The van der Waals surface area contributed by atoms with Gasteiger partial charge in [-0.3, -0.25) is 4.18 Å². The molecule has 0 unspecified atom stereocenters. The average Bonchev–Trinajstić information content (AvgIpc) is 2.57. The summed E-state index contributed by atoms with van der Waals surface area (Å²) in [6.45, 7) is -0.0527. The summed E-state index contributed by atoms with van der Waals surface area (Å²) in [5.74, 6) is 0. The topological polar surface area (TPSA) is 85.2 Å². The van der Waals surface area contributed by atoms with Crippen molar-refractivity contribution in [1.29, 1.82) is 0 Å². The highest BCUT2D eigenvalue weighted by molar-refractivity contribution is 7.84. The zero-order valence-corrected chi connectivity index (χ0v) is 8.62. The molecule has 3 N–H and O–H groups in total. The van der Waals surface area contributed by atoms with Crippen LogP contribution in [0.5, 0.6) is 0 Å². The van der Waals surface area contributed by atoms with Crippen molar-refractivity contribution in [3.05, 3.63) is 36.0 Å². The lowest BCUT2D eigenvalue weighted by Gasteiger charge is -1.98. The van der Waals surface area contributed by atoms with Crippen LogP contribution in [0.1, 0.15) is 5.56 Å². The normalized spacial score (nSPS) is 12.1. The number of H-pyrrole nitrogens is 1. The molecule has 1 heterocycles. The minimum atomic E-state index is -3.88. The van der Waals surface area contributed by atoms with Crippen molar-refractivity contribution in [2.45, 2.75) is 6.61 Å². The second-order valence-corrected chi connectivity index (χ2v) is 4.34. The van der Waals surface area contributed by atoms with Crippen LogP contribution in [-0.2, 0) is 21.1 Å². The third-order valence-electron chi connectivity index (χ3n) is 2.05. The molecule has 15 heavy (non-hydrogen) atoms. The Bertz CT molecular complexity index is 574. The molecule has 0 fully saturated rings. The van der Waals surface area contributed by atoms with Crippen LogP contribution < -0.4 is 5.14 Å². The smallest absolute Gasteiger partial charge is 0.333 e. The van der Waals surface area contributed by atoms with Crippen LogP contribution in [0.2, 0.25) is 0 Å². The first-order chi connectivity index (χ1) is 7.06. The van der Waals surface area contributed by atoms with Gasteiger partial charge in [-0.1, -0.05) is 18.2 Å². The Morgan fingerprint density at radius 1 is 1.33 bits per heavy atom. The lowest BCUT2D eigenvalue weighted by Crippen LogP contribution is -2.15. The van der Waals surface area contributed by atoms with Crippen LogP contribution >= 0.6 is 0 Å². The Morgan fingerprint density at radius 3 is 2.80 bits per heavy atom. The number of benzene rings is 1. The molecule has 2 aromatic rings. The summed E-state index contributed by atoms with van der Waals surface area (Å²) >= 11 is 0. The van der Waals surface area contributed by atoms with E-state index in [1.807, 2.05) is 24.3 Å². The first kappa shape index (κ1) is 10.2. The van der Waals surface area contributed by atoms with E-state index in [9.17, 15) is 8.42 Å². The Balaban J connectivity index is 2.29. The van der Waals surface area contributed by atoms with Crippen LogP contribution in [0, 0.1) is 0 Å². The van der Waals surface area contributed by atoms with Crippen LogP contribution in [-0.4, -0.2) is 13.4 Å². The minimum Gasteiger partial charge on any atom is -0.361 e. The van der Waals surface area contributed by atoms with Crippen molar-refractivity contribution < 1.29 is 12.6 Å². The highest BCUT2D eigenvalue weighted by atomic mass is 32.2. The molecule has 0 radical (unpaired) electrons. The Hall–Kier alpha value is -1.37. The fraction of sp³-hybridized carbons (Fsp3) is 0.111.